The molecule has 7 heterocycles. The summed E-state index contributed by atoms with van der Waals surface area (Å²) in [5.74, 6) is 3.31. The molecule has 236 valence electrons. The highest BCUT2D eigenvalue weighted by molar-refractivity contribution is 7.00. The third-order valence-electron chi connectivity index (χ3n) is 12.2. The van der Waals surface area contributed by atoms with Crippen LogP contribution < -0.4 is 42.3 Å². The molecule has 4 aliphatic rings. The van der Waals surface area contributed by atoms with E-state index in [4.69, 9.17) is 14.5 Å². The van der Waals surface area contributed by atoms with Crippen LogP contribution in [0.5, 0.6) is 23.1 Å². The van der Waals surface area contributed by atoms with Crippen LogP contribution in [-0.2, 0) is 0 Å². The molecular formula is C45H23B2N3O2. The Kier molecular flexibility index (Phi) is 4.41. The third kappa shape index (κ3) is 2.83. The fourth-order valence-corrected chi connectivity index (χ4v) is 10.3. The summed E-state index contributed by atoms with van der Waals surface area (Å²) in [5, 5.41) is 6.03. The average Bonchev–Trinajstić information content (AvgIpc) is 3.72. The first kappa shape index (κ1) is 26.1. The van der Waals surface area contributed by atoms with Gasteiger partial charge in [0.15, 0.2) is 0 Å². The molecule has 52 heavy (non-hydrogen) atoms. The molecule has 0 spiro atoms. The van der Waals surface area contributed by atoms with Crippen LogP contribution in [0.4, 0.5) is 0 Å². The van der Waals surface area contributed by atoms with Crippen molar-refractivity contribution in [2.45, 2.75) is 0 Å². The van der Waals surface area contributed by atoms with Gasteiger partial charge in [-0.05, 0) is 57.6 Å². The molecule has 0 atom stereocenters. The minimum atomic E-state index is -0.0333. The Labute approximate surface area is 297 Å². The van der Waals surface area contributed by atoms with Crippen LogP contribution in [0.1, 0.15) is 0 Å². The van der Waals surface area contributed by atoms with E-state index in [1.54, 1.807) is 0 Å². The highest BCUT2D eigenvalue weighted by Crippen LogP contribution is 2.45. The van der Waals surface area contributed by atoms with Crippen LogP contribution in [0.25, 0.3) is 65.9 Å². The zero-order chi connectivity index (χ0) is 33.4. The Morgan fingerprint density at radius 3 is 1.62 bits per heavy atom. The Morgan fingerprint density at radius 1 is 0.423 bits per heavy atom. The van der Waals surface area contributed by atoms with E-state index in [0.717, 1.165) is 61.4 Å². The molecule has 0 amide bonds. The maximum absolute atomic E-state index is 7.01. The lowest BCUT2D eigenvalue weighted by Crippen LogP contribution is -2.59. The number of hydrogen-bond donors (Lipinski definition) is 0. The highest BCUT2D eigenvalue weighted by Gasteiger charge is 2.45. The number of nitrogens with zero attached hydrogens (tertiary/aromatic N) is 3. The summed E-state index contributed by atoms with van der Waals surface area (Å²) in [6, 6.07) is 50.4. The summed E-state index contributed by atoms with van der Waals surface area (Å²) < 4.78 is 18.9. The van der Waals surface area contributed by atoms with Gasteiger partial charge in [-0.15, -0.1) is 0 Å². The fraction of sp³-hybridized carbons (Fsp3) is 0. The Bertz CT molecular complexity index is 3120. The van der Waals surface area contributed by atoms with Gasteiger partial charge in [-0.1, -0.05) is 109 Å². The van der Waals surface area contributed by atoms with Gasteiger partial charge in [-0.2, -0.15) is 0 Å². The SMILES string of the molecule is c1ccc2c(c1)Oc1nc3c4c5c(cc3c3c1B2c1cccc2c6ccccc6n-3c12)Oc1ccccc1B5c1cccc2c3ccccc3n-4c12. The van der Waals surface area contributed by atoms with Gasteiger partial charge in [0.05, 0.1) is 22.4 Å². The van der Waals surface area contributed by atoms with Crippen molar-refractivity contribution in [3.63, 3.8) is 0 Å². The molecule has 7 aromatic carbocycles. The van der Waals surface area contributed by atoms with Crippen molar-refractivity contribution in [1.82, 2.24) is 14.1 Å². The molecule has 3 aromatic heterocycles. The molecule has 14 rings (SSSR count). The smallest absolute Gasteiger partial charge is 0.258 e. The summed E-state index contributed by atoms with van der Waals surface area (Å²) in [6.07, 6.45) is 0. The van der Waals surface area contributed by atoms with E-state index in [0.29, 0.717) is 5.88 Å². The summed E-state index contributed by atoms with van der Waals surface area (Å²) in [6.45, 7) is -0.0442. The average molecular weight is 659 g/mol. The molecule has 5 nitrogen and oxygen atoms in total. The van der Waals surface area contributed by atoms with Crippen LogP contribution in [0.15, 0.2) is 140 Å². The lowest BCUT2D eigenvalue weighted by molar-refractivity contribution is 0.469. The van der Waals surface area contributed by atoms with Crippen molar-refractivity contribution in [3.05, 3.63) is 140 Å². The number of hydrogen-bond acceptors (Lipinski definition) is 3. The molecule has 0 bridgehead atoms. The van der Waals surface area contributed by atoms with Gasteiger partial charge in [0.25, 0.3) is 13.4 Å². The Balaban J connectivity index is 1.25. The standard InChI is InChI=1S/C45H23B2N3O2/c1-5-19-33-24(11-1)26-13-10-18-32-41(26)49(33)43-28-23-37-38-44(40(28)48-45-39(43)47(32)30-16-4-8-22-36(30)52-45)50-34-20-6-2-12-25(34)27-14-9-17-31(42(27)50)46(38)29-15-3-7-21-35(29)51-37/h1-23H. The van der Waals surface area contributed by atoms with E-state index in [-0.39, 0.29) is 13.4 Å². The van der Waals surface area contributed by atoms with Crippen molar-refractivity contribution in [2.24, 2.45) is 0 Å². The Morgan fingerprint density at radius 2 is 0.942 bits per heavy atom. The minimum absolute atomic E-state index is 0.0108. The maximum atomic E-state index is 7.01. The normalized spacial score (nSPS) is 14.0. The topological polar surface area (TPSA) is 41.2 Å². The predicted molar refractivity (Wildman–Crippen MR) is 213 cm³/mol. The van der Waals surface area contributed by atoms with Gasteiger partial charge in [0.2, 0.25) is 5.88 Å². The van der Waals surface area contributed by atoms with Gasteiger partial charge in [0, 0.05) is 43.4 Å². The number of benzene rings is 7. The first-order valence-electron chi connectivity index (χ1n) is 18.0. The Hall–Kier alpha value is -6.72. The van der Waals surface area contributed by atoms with Crippen molar-refractivity contribution in [3.8, 4) is 34.5 Å². The van der Waals surface area contributed by atoms with Crippen LogP contribution >= 0.6 is 0 Å². The first-order chi connectivity index (χ1) is 25.8. The molecule has 0 saturated heterocycles. The van der Waals surface area contributed by atoms with E-state index in [1.165, 1.54) is 54.5 Å². The zero-order valence-electron chi connectivity index (χ0n) is 27.6. The fourth-order valence-electron chi connectivity index (χ4n) is 10.3. The summed E-state index contributed by atoms with van der Waals surface area (Å²) in [7, 11) is 0. The van der Waals surface area contributed by atoms with Crippen molar-refractivity contribution >= 4 is 101 Å². The van der Waals surface area contributed by atoms with Crippen LogP contribution in [0.2, 0.25) is 0 Å². The summed E-state index contributed by atoms with van der Waals surface area (Å²) >= 11 is 0. The maximum Gasteiger partial charge on any atom is 0.258 e. The van der Waals surface area contributed by atoms with Crippen LogP contribution in [-0.4, -0.2) is 27.5 Å². The van der Waals surface area contributed by atoms with E-state index in [1.807, 2.05) is 0 Å². The van der Waals surface area contributed by atoms with Crippen molar-refractivity contribution in [1.29, 1.82) is 0 Å². The van der Waals surface area contributed by atoms with Gasteiger partial charge >= 0.3 is 0 Å². The van der Waals surface area contributed by atoms with Crippen LogP contribution in [0, 0.1) is 0 Å². The zero-order valence-corrected chi connectivity index (χ0v) is 27.6. The van der Waals surface area contributed by atoms with Gasteiger partial charge in [-0.25, -0.2) is 4.98 Å². The number of pyridine rings is 1. The number of para-hydroxylation sites is 6. The lowest BCUT2D eigenvalue weighted by Gasteiger charge is -2.36. The summed E-state index contributed by atoms with van der Waals surface area (Å²) in [4.78, 5) is 5.65. The second-order valence-corrected chi connectivity index (χ2v) is 14.6. The number of fused-ring (bicyclic) bond motifs is 17. The van der Waals surface area contributed by atoms with E-state index in [9.17, 15) is 0 Å². The number of rotatable bonds is 0. The van der Waals surface area contributed by atoms with Gasteiger partial charge < -0.3 is 18.6 Å². The molecule has 4 aliphatic heterocycles. The molecule has 10 aromatic rings. The van der Waals surface area contributed by atoms with Crippen molar-refractivity contribution in [2.75, 3.05) is 0 Å². The molecule has 0 saturated carbocycles. The molecule has 0 N–H and O–H groups in total. The molecule has 7 heteroatoms. The molecule has 0 radical (unpaired) electrons. The number of ether oxygens (including phenoxy) is 2. The number of aromatic nitrogens is 3. The second kappa shape index (κ2) is 8.76. The molecule has 0 aliphatic carbocycles. The quantitative estimate of drug-likeness (QED) is 0.180. The van der Waals surface area contributed by atoms with Crippen LogP contribution in [0.3, 0.4) is 0 Å². The van der Waals surface area contributed by atoms with Crippen molar-refractivity contribution < 1.29 is 9.47 Å². The van der Waals surface area contributed by atoms with E-state index >= 15 is 0 Å². The first-order valence-corrected chi connectivity index (χ1v) is 18.0. The predicted octanol–water partition coefficient (Wildman–Crippen LogP) is 6.30. The second-order valence-electron chi connectivity index (χ2n) is 14.6. The molecule has 0 unspecified atom stereocenters. The molecule has 0 fully saturated rings. The van der Waals surface area contributed by atoms with Gasteiger partial charge in [0.1, 0.15) is 22.8 Å². The highest BCUT2D eigenvalue weighted by atomic mass is 16.5. The largest absolute Gasteiger partial charge is 0.458 e. The van der Waals surface area contributed by atoms with E-state index < -0.39 is 0 Å². The minimum Gasteiger partial charge on any atom is -0.458 e. The third-order valence-corrected chi connectivity index (χ3v) is 12.2. The van der Waals surface area contributed by atoms with E-state index in [2.05, 4.69) is 149 Å². The molecular weight excluding hydrogens is 636 g/mol. The lowest BCUT2D eigenvalue weighted by atomic mass is 9.34. The monoisotopic (exact) mass is 659 g/mol. The van der Waals surface area contributed by atoms with Gasteiger partial charge in [-0.3, -0.25) is 0 Å². The summed E-state index contributed by atoms with van der Waals surface area (Å²) in [5.41, 5.74) is 15.1.